The molecule has 4 heteroatoms. The fraction of sp³-hybridized carbons (Fsp3) is 0.182. The maximum atomic E-state index is 9.58. The first-order valence-electron chi connectivity index (χ1n) is 16.8. The quantitative estimate of drug-likeness (QED) is 0.158. The number of aliphatic hydroxyl groups is 2. The highest BCUT2D eigenvalue weighted by molar-refractivity contribution is 5.91. The molecule has 0 aliphatic heterocycles. The lowest BCUT2D eigenvalue weighted by Gasteiger charge is -2.31. The lowest BCUT2D eigenvalue weighted by molar-refractivity contribution is 0.202. The predicted octanol–water partition coefficient (Wildman–Crippen LogP) is 9.32. The minimum Gasteiger partial charge on any atom is -0.491 e. The fourth-order valence-electron chi connectivity index (χ4n) is 8.30. The molecule has 2 atom stereocenters. The highest BCUT2D eigenvalue weighted by Crippen LogP contribution is 2.60. The Labute approximate surface area is 281 Å². The molecule has 0 aromatic heterocycles. The molecule has 4 nitrogen and oxygen atoms in total. The van der Waals surface area contributed by atoms with E-state index < -0.39 is 0 Å². The molecule has 0 amide bonds. The summed E-state index contributed by atoms with van der Waals surface area (Å²) >= 11 is 0. The van der Waals surface area contributed by atoms with Gasteiger partial charge in [0, 0.05) is 23.0 Å². The van der Waals surface area contributed by atoms with Crippen molar-refractivity contribution in [3.05, 3.63) is 156 Å². The molecular weight excluding hydrogens is 592 g/mol. The summed E-state index contributed by atoms with van der Waals surface area (Å²) in [7, 11) is 0. The van der Waals surface area contributed by atoms with Crippen molar-refractivity contribution >= 4 is 0 Å². The van der Waals surface area contributed by atoms with Crippen molar-refractivity contribution in [3.63, 3.8) is 0 Å². The molecular formula is C44H38O4. The largest absolute Gasteiger partial charge is 0.491 e. The van der Waals surface area contributed by atoms with E-state index >= 15 is 0 Å². The SMILES string of the molecule is CC(C1c2ccccc2-c2cccc(-c3ccccc3OCCO)c21)C1c2ccccc2-c2cccc(-c3ccccc3OCCO)c21. The Hall–Kier alpha value is -5.16. The maximum absolute atomic E-state index is 9.58. The van der Waals surface area contributed by atoms with Crippen LogP contribution in [0.25, 0.3) is 44.5 Å². The van der Waals surface area contributed by atoms with Crippen LogP contribution in [0.5, 0.6) is 11.5 Å². The summed E-state index contributed by atoms with van der Waals surface area (Å²) in [5.41, 5.74) is 14.8. The van der Waals surface area contributed by atoms with Crippen LogP contribution in [0.1, 0.15) is 41.0 Å². The first-order valence-corrected chi connectivity index (χ1v) is 16.8. The van der Waals surface area contributed by atoms with Gasteiger partial charge in [0.15, 0.2) is 0 Å². The van der Waals surface area contributed by atoms with Gasteiger partial charge in [-0.3, -0.25) is 0 Å². The third-order valence-electron chi connectivity index (χ3n) is 10.1. The molecule has 6 aromatic rings. The molecule has 8 rings (SSSR count). The lowest BCUT2D eigenvalue weighted by atomic mass is 9.71. The zero-order valence-corrected chi connectivity index (χ0v) is 27.0. The molecule has 2 N–H and O–H groups in total. The zero-order valence-electron chi connectivity index (χ0n) is 27.0. The smallest absolute Gasteiger partial charge is 0.127 e. The fourth-order valence-corrected chi connectivity index (χ4v) is 8.30. The number of rotatable bonds is 10. The number of para-hydroxylation sites is 2. The van der Waals surface area contributed by atoms with Gasteiger partial charge < -0.3 is 19.7 Å². The lowest BCUT2D eigenvalue weighted by Crippen LogP contribution is -2.19. The van der Waals surface area contributed by atoms with Gasteiger partial charge in [-0.2, -0.15) is 0 Å². The van der Waals surface area contributed by atoms with Crippen LogP contribution < -0.4 is 9.47 Å². The molecule has 2 unspecified atom stereocenters. The summed E-state index contributed by atoms with van der Waals surface area (Å²) in [6, 6.07) is 47.4. The van der Waals surface area contributed by atoms with Crippen LogP contribution in [-0.4, -0.2) is 36.6 Å². The normalized spacial score (nSPS) is 16.1. The van der Waals surface area contributed by atoms with E-state index in [1.807, 2.05) is 24.3 Å². The summed E-state index contributed by atoms with van der Waals surface area (Å²) < 4.78 is 12.2. The van der Waals surface area contributed by atoms with Crippen LogP contribution in [0, 0.1) is 5.92 Å². The van der Waals surface area contributed by atoms with Crippen molar-refractivity contribution in [2.45, 2.75) is 18.8 Å². The summed E-state index contributed by atoms with van der Waals surface area (Å²) in [6.45, 7) is 2.83. The van der Waals surface area contributed by atoms with Crippen LogP contribution >= 0.6 is 0 Å². The topological polar surface area (TPSA) is 58.9 Å². The monoisotopic (exact) mass is 630 g/mol. The molecule has 2 aliphatic carbocycles. The van der Waals surface area contributed by atoms with E-state index in [9.17, 15) is 10.2 Å². The average molecular weight is 631 g/mol. The van der Waals surface area contributed by atoms with Gasteiger partial charge in [0.25, 0.3) is 0 Å². The van der Waals surface area contributed by atoms with Crippen LogP contribution in [0.15, 0.2) is 133 Å². The first kappa shape index (κ1) is 30.2. The standard InChI is InChI=1S/C44H38O4/c1-28(41-33-16-4-2-12-29(33)35-18-10-20-37(43(35)41)31-14-6-8-22-39(31)47-26-24-45)42-34-17-5-3-13-30(34)36-19-11-21-38(44(36)42)32-15-7-9-23-40(32)48-27-25-46/h2-23,28,41-42,45-46H,24-27H2,1H3. The van der Waals surface area contributed by atoms with E-state index in [1.54, 1.807) is 0 Å². The van der Waals surface area contributed by atoms with Gasteiger partial charge >= 0.3 is 0 Å². The minimum absolute atomic E-state index is 0.0384. The third-order valence-corrected chi connectivity index (χ3v) is 10.1. The van der Waals surface area contributed by atoms with Gasteiger partial charge in [-0.25, -0.2) is 0 Å². The van der Waals surface area contributed by atoms with Crippen molar-refractivity contribution in [2.24, 2.45) is 5.92 Å². The molecule has 48 heavy (non-hydrogen) atoms. The van der Waals surface area contributed by atoms with Gasteiger partial charge in [0.2, 0.25) is 0 Å². The second kappa shape index (κ2) is 12.8. The highest BCUT2D eigenvalue weighted by Gasteiger charge is 2.43. The first-order chi connectivity index (χ1) is 23.7. The summed E-state index contributed by atoms with van der Waals surface area (Å²) in [5, 5.41) is 19.2. The van der Waals surface area contributed by atoms with Gasteiger partial charge in [0.05, 0.1) is 13.2 Å². The zero-order chi connectivity index (χ0) is 32.6. The van der Waals surface area contributed by atoms with Gasteiger partial charge in [-0.15, -0.1) is 0 Å². The summed E-state index contributed by atoms with van der Waals surface area (Å²) in [6.07, 6.45) is 0. The highest BCUT2D eigenvalue weighted by atomic mass is 16.5. The molecule has 0 heterocycles. The van der Waals surface area contributed by atoms with E-state index in [1.165, 1.54) is 44.5 Å². The number of fused-ring (bicyclic) bond motifs is 6. The third kappa shape index (κ3) is 4.92. The summed E-state index contributed by atoms with van der Waals surface area (Å²) in [4.78, 5) is 0. The molecule has 2 aliphatic rings. The van der Waals surface area contributed by atoms with E-state index in [0.717, 1.165) is 33.8 Å². The second-order valence-corrected chi connectivity index (χ2v) is 12.7. The van der Waals surface area contributed by atoms with Crippen molar-refractivity contribution in [1.82, 2.24) is 0 Å². The van der Waals surface area contributed by atoms with Crippen LogP contribution in [0.2, 0.25) is 0 Å². The number of aliphatic hydroxyl groups excluding tert-OH is 2. The molecule has 238 valence electrons. The Balaban J connectivity index is 1.34. The van der Waals surface area contributed by atoms with Crippen LogP contribution in [0.4, 0.5) is 0 Å². The summed E-state index contributed by atoms with van der Waals surface area (Å²) in [5.74, 6) is 1.95. The molecule has 0 saturated carbocycles. The Bertz CT molecular complexity index is 1960. The van der Waals surface area contributed by atoms with E-state index in [2.05, 4.69) is 116 Å². The molecule has 0 spiro atoms. The van der Waals surface area contributed by atoms with Gasteiger partial charge in [-0.1, -0.05) is 128 Å². The Kier molecular flexibility index (Phi) is 8.05. The van der Waals surface area contributed by atoms with Gasteiger partial charge in [-0.05, 0) is 73.7 Å². The van der Waals surface area contributed by atoms with E-state index in [4.69, 9.17) is 9.47 Å². The second-order valence-electron chi connectivity index (χ2n) is 12.7. The molecule has 0 radical (unpaired) electrons. The van der Waals surface area contributed by atoms with Gasteiger partial charge in [0.1, 0.15) is 24.7 Å². The van der Waals surface area contributed by atoms with Crippen molar-refractivity contribution in [1.29, 1.82) is 0 Å². The van der Waals surface area contributed by atoms with Crippen LogP contribution in [0.3, 0.4) is 0 Å². The molecule has 0 saturated heterocycles. The Morgan fingerprint density at radius 1 is 0.438 bits per heavy atom. The average Bonchev–Trinajstić information content (AvgIpc) is 3.67. The van der Waals surface area contributed by atoms with Crippen molar-refractivity contribution in [2.75, 3.05) is 26.4 Å². The predicted molar refractivity (Wildman–Crippen MR) is 193 cm³/mol. The Morgan fingerprint density at radius 3 is 1.19 bits per heavy atom. The van der Waals surface area contributed by atoms with E-state index in [0.29, 0.717) is 0 Å². The molecule has 6 aromatic carbocycles. The molecule has 0 bridgehead atoms. The maximum Gasteiger partial charge on any atom is 0.127 e. The van der Waals surface area contributed by atoms with Crippen molar-refractivity contribution in [3.8, 4) is 56.0 Å². The number of hydrogen-bond donors (Lipinski definition) is 2. The number of ether oxygens (including phenoxy) is 2. The minimum atomic E-state index is -0.0384. The van der Waals surface area contributed by atoms with E-state index in [-0.39, 0.29) is 44.2 Å². The molecule has 0 fully saturated rings. The Morgan fingerprint density at radius 2 is 0.771 bits per heavy atom. The van der Waals surface area contributed by atoms with Crippen LogP contribution in [-0.2, 0) is 0 Å². The number of benzene rings is 6. The van der Waals surface area contributed by atoms with Crippen molar-refractivity contribution < 1.29 is 19.7 Å². The number of hydrogen-bond acceptors (Lipinski definition) is 4.